The van der Waals surface area contributed by atoms with E-state index in [0.717, 1.165) is 66.1 Å². The number of carbonyl (C=O) groups excluding carboxylic acids is 1. The molecule has 1 fully saturated rings. The predicted octanol–water partition coefficient (Wildman–Crippen LogP) is 3.25. The van der Waals surface area contributed by atoms with E-state index in [1.807, 2.05) is 23.5 Å². The second-order valence-corrected chi connectivity index (χ2v) is 7.52. The van der Waals surface area contributed by atoms with Crippen LogP contribution in [-0.4, -0.2) is 40.6 Å². The lowest BCUT2D eigenvalue weighted by Crippen LogP contribution is -2.34. The Morgan fingerprint density at radius 3 is 2.81 bits per heavy atom. The van der Waals surface area contributed by atoms with Crippen molar-refractivity contribution in [1.29, 1.82) is 0 Å². The van der Waals surface area contributed by atoms with Crippen LogP contribution in [0.25, 0.3) is 22.2 Å². The number of hydrogen-bond donors (Lipinski definition) is 1. The Morgan fingerprint density at radius 1 is 1.19 bits per heavy atom. The first-order chi connectivity index (χ1) is 13.2. The zero-order valence-corrected chi connectivity index (χ0v) is 15.4. The molecule has 138 valence electrons. The van der Waals surface area contributed by atoms with E-state index in [9.17, 15) is 4.79 Å². The van der Waals surface area contributed by atoms with Crippen LogP contribution in [0.3, 0.4) is 0 Å². The number of aryl methyl sites for hydroxylation is 1. The summed E-state index contributed by atoms with van der Waals surface area (Å²) in [6.07, 6.45) is 8.11. The van der Waals surface area contributed by atoms with Crippen LogP contribution >= 0.6 is 0 Å². The number of aromatic amines is 1. The highest BCUT2D eigenvalue weighted by Gasteiger charge is 2.31. The molecule has 6 heteroatoms. The number of pyridine rings is 2. The van der Waals surface area contributed by atoms with Crippen LogP contribution in [0.5, 0.6) is 0 Å². The Balaban J connectivity index is 1.49. The monoisotopic (exact) mass is 362 g/mol. The number of nitrogens with one attached hydrogen (secondary N) is 1. The van der Waals surface area contributed by atoms with Gasteiger partial charge in [-0.05, 0) is 43.4 Å². The number of fused-ring (bicyclic) bond motifs is 2. The molecule has 1 N–H and O–H groups in total. The summed E-state index contributed by atoms with van der Waals surface area (Å²) in [6, 6.07) is 4.23. The van der Waals surface area contributed by atoms with Crippen LogP contribution < -0.4 is 4.90 Å². The first-order valence-electron chi connectivity index (χ1n) is 9.50. The van der Waals surface area contributed by atoms with Crippen molar-refractivity contribution in [2.24, 2.45) is 5.92 Å². The average Bonchev–Trinajstić information content (AvgIpc) is 3.22. The van der Waals surface area contributed by atoms with Crippen LogP contribution in [0.15, 0.2) is 30.7 Å². The maximum atomic E-state index is 12.6. The van der Waals surface area contributed by atoms with Crippen molar-refractivity contribution < 1.29 is 9.53 Å². The van der Waals surface area contributed by atoms with Crippen molar-refractivity contribution >= 4 is 22.6 Å². The third-order valence-electron chi connectivity index (χ3n) is 5.71. The van der Waals surface area contributed by atoms with Crippen LogP contribution in [0.1, 0.15) is 24.1 Å². The van der Waals surface area contributed by atoms with Gasteiger partial charge in [-0.2, -0.15) is 0 Å². The predicted molar refractivity (Wildman–Crippen MR) is 104 cm³/mol. The van der Waals surface area contributed by atoms with E-state index in [0.29, 0.717) is 12.3 Å². The van der Waals surface area contributed by atoms with Gasteiger partial charge in [0.25, 0.3) is 0 Å². The fourth-order valence-electron chi connectivity index (χ4n) is 4.06. The van der Waals surface area contributed by atoms with E-state index >= 15 is 0 Å². The van der Waals surface area contributed by atoms with Gasteiger partial charge in [0, 0.05) is 54.9 Å². The zero-order valence-electron chi connectivity index (χ0n) is 15.4. The van der Waals surface area contributed by atoms with Gasteiger partial charge in [-0.15, -0.1) is 0 Å². The van der Waals surface area contributed by atoms with E-state index in [2.05, 4.69) is 34.0 Å². The van der Waals surface area contributed by atoms with Gasteiger partial charge in [0.05, 0.1) is 17.8 Å². The highest BCUT2D eigenvalue weighted by atomic mass is 16.5. The molecule has 1 saturated heterocycles. The molecule has 1 amide bonds. The summed E-state index contributed by atoms with van der Waals surface area (Å²) in [7, 11) is 0. The third kappa shape index (κ3) is 2.90. The average molecular weight is 362 g/mol. The fourth-order valence-corrected chi connectivity index (χ4v) is 4.06. The minimum atomic E-state index is 0.149. The highest BCUT2D eigenvalue weighted by Crippen LogP contribution is 2.34. The van der Waals surface area contributed by atoms with Crippen molar-refractivity contribution in [2.75, 3.05) is 24.7 Å². The summed E-state index contributed by atoms with van der Waals surface area (Å²) >= 11 is 0. The smallest absolute Gasteiger partial charge is 0.233 e. The molecule has 0 bridgehead atoms. The van der Waals surface area contributed by atoms with E-state index in [1.54, 1.807) is 0 Å². The van der Waals surface area contributed by atoms with Crippen molar-refractivity contribution in [1.82, 2.24) is 15.0 Å². The van der Waals surface area contributed by atoms with Crippen LogP contribution in [0.4, 0.5) is 5.69 Å². The van der Waals surface area contributed by atoms with E-state index < -0.39 is 0 Å². The van der Waals surface area contributed by atoms with Gasteiger partial charge in [0.1, 0.15) is 5.65 Å². The number of amides is 1. The molecule has 0 saturated carbocycles. The summed E-state index contributed by atoms with van der Waals surface area (Å²) in [6.45, 7) is 4.41. The Kier molecular flexibility index (Phi) is 3.93. The number of carbonyl (C=O) groups is 1. The molecule has 0 aromatic carbocycles. The molecule has 2 aliphatic heterocycles. The first-order valence-corrected chi connectivity index (χ1v) is 9.50. The van der Waals surface area contributed by atoms with Crippen molar-refractivity contribution in [2.45, 2.75) is 26.2 Å². The molecular formula is C21H22N4O2. The quantitative estimate of drug-likeness (QED) is 0.776. The maximum absolute atomic E-state index is 12.6. The minimum Gasteiger partial charge on any atom is -0.381 e. The molecule has 5 heterocycles. The number of rotatable bonds is 3. The maximum Gasteiger partial charge on any atom is 0.233 e. The molecule has 0 atom stereocenters. The van der Waals surface area contributed by atoms with Crippen molar-refractivity contribution in [3.63, 3.8) is 0 Å². The second-order valence-electron chi connectivity index (χ2n) is 7.52. The number of hydrogen-bond acceptors (Lipinski definition) is 4. The van der Waals surface area contributed by atoms with Gasteiger partial charge >= 0.3 is 0 Å². The zero-order chi connectivity index (χ0) is 18.4. The molecule has 0 unspecified atom stereocenters. The molecule has 0 spiro atoms. The Hall–Kier alpha value is -2.73. The van der Waals surface area contributed by atoms with Gasteiger partial charge in [0.15, 0.2) is 0 Å². The number of nitrogens with zero attached hydrogens (tertiary/aromatic N) is 3. The molecule has 0 aliphatic carbocycles. The van der Waals surface area contributed by atoms with E-state index in [1.165, 1.54) is 5.56 Å². The van der Waals surface area contributed by atoms with Gasteiger partial charge in [-0.3, -0.25) is 9.78 Å². The van der Waals surface area contributed by atoms with Crippen LogP contribution in [-0.2, 0) is 16.0 Å². The SMILES string of the molecule is Cc1c[nH]c2ncc(-c3cnc4c(c3)N(CC3CCOCC3)C(=O)C4)cc12. The summed E-state index contributed by atoms with van der Waals surface area (Å²) in [5.74, 6) is 0.647. The lowest BCUT2D eigenvalue weighted by atomic mass is 9.99. The normalized spacial score (nSPS) is 17.7. The standard InChI is InChI=1S/C21H22N4O2/c1-13-9-23-21-17(13)6-15(11-24-21)16-7-19-18(22-10-16)8-20(26)25(19)12-14-2-4-27-5-3-14/h6-7,9-11,14H,2-5,8,12H2,1H3,(H,23,24). The largest absolute Gasteiger partial charge is 0.381 e. The van der Waals surface area contributed by atoms with E-state index in [4.69, 9.17) is 4.74 Å². The summed E-state index contributed by atoms with van der Waals surface area (Å²) in [4.78, 5) is 26.8. The van der Waals surface area contributed by atoms with E-state index in [-0.39, 0.29) is 5.91 Å². The number of ether oxygens (including phenoxy) is 1. The van der Waals surface area contributed by atoms with Crippen molar-refractivity contribution in [3.05, 3.63) is 42.0 Å². The molecule has 3 aromatic heterocycles. The Labute approximate surface area is 157 Å². The van der Waals surface area contributed by atoms with Gasteiger partial charge in [0.2, 0.25) is 5.91 Å². The fraction of sp³-hybridized carbons (Fsp3) is 0.381. The number of H-pyrrole nitrogens is 1. The molecular weight excluding hydrogens is 340 g/mol. The Morgan fingerprint density at radius 2 is 1.96 bits per heavy atom. The first kappa shape index (κ1) is 16.4. The minimum absolute atomic E-state index is 0.149. The highest BCUT2D eigenvalue weighted by molar-refractivity contribution is 6.01. The van der Waals surface area contributed by atoms with Gasteiger partial charge in [-0.25, -0.2) is 4.98 Å². The molecule has 2 aliphatic rings. The third-order valence-corrected chi connectivity index (χ3v) is 5.71. The number of anilines is 1. The molecule has 6 nitrogen and oxygen atoms in total. The second kappa shape index (κ2) is 6.46. The summed E-state index contributed by atoms with van der Waals surface area (Å²) < 4.78 is 5.45. The lowest BCUT2D eigenvalue weighted by molar-refractivity contribution is -0.117. The topological polar surface area (TPSA) is 71.1 Å². The lowest BCUT2D eigenvalue weighted by Gasteiger charge is -2.27. The van der Waals surface area contributed by atoms with Crippen LogP contribution in [0.2, 0.25) is 0 Å². The van der Waals surface area contributed by atoms with Gasteiger partial charge in [-0.1, -0.05) is 0 Å². The molecule has 27 heavy (non-hydrogen) atoms. The number of aromatic nitrogens is 3. The molecule has 3 aromatic rings. The summed E-state index contributed by atoms with van der Waals surface area (Å²) in [5, 5.41) is 1.11. The van der Waals surface area contributed by atoms with Crippen LogP contribution in [0, 0.1) is 12.8 Å². The van der Waals surface area contributed by atoms with Crippen molar-refractivity contribution in [3.8, 4) is 11.1 Å². The molecule has 5 rings (SSSR count). The Bertz CT molecular complexity index is 1020. The summed E-state index contributed by atoms with van der Waals surface area (Å²) in [5.41, 5.74) is 5.91. The van der Waals surface area contributed by atoms with Gasteiger partial charge < -0.3 is 14.6 Å². The molecule has 0 radical (unpaired) electrons.